The predicted octanol–water partition coefficient (Wildman–Crippen LogP) is 7.72. The molecule has 5 aliphatic rings. The first-order valence-electron chi connectivity index (χ1n) is 29.0. The number of likely N-dealkylation sites (tertiary alicyclic amines) is 3. The molecule has 5 fully saturated rings. The third kappa shape index (κ3) is 15.3. The number of nitrogens with one attached hydrogen (secondary N) is 3. The van der Waals surface area contributed by atoms with Crippen LogP contribution >= 0.6 is 0 Å². The highest BCUT2D eigenvalue weighted by Crippen LogP contribution is 2.33. The lowest BCUT2D eigenvalue weighted by molar-refractivity contribution is -0.137. The van der Waals surface area contributed by atoms with Crippen LogP contribution in [0.4, 0.5) is 13.2 Å². The molecule has 5 aromatic rings. The minimum absolute atomic E-state index is 0.0132. The molecular formula is C62H76F3N9O6. The molecule has 18 heteroatoms. The van der Waals surface area contributed by atoms with E-state index < -0.39 is 29.4 Å². The molecule has 1 saturated carbocycles. The average Bonchev–Trinajstić information content (AvgIpc) is 3.60. The Morgan fingerprint density at radius 1 is 0.613 bits per heavy atom. The molecular weight excluding hydrogens is 1020 g/mol. The summed E-state index contributed by atoms with van der Waals surface area (Å²) in [6.07, 6.45) is 14.1. The minimum Gasteiger partial charge on any atom is -0.342 e. The molecule has 3 N–H and O–H groups in total. The zero-order valence-electron chi connectivity index (χ0n) is 45.8. The van der Waals surface area contributed by atoms with Gasteiger partial charge in [0.2, 0.25) is 17.7 Å². The number of hydrogen-bond donors (Lipinski definition) is 3. The summed E-state index contributed by atoms with van der Waals surface area (Å²) in [7, 11) is 0. The SMILES string of the molecule is O=C(CNCc1ccc(F)cc1F)N1CCCCC1.O=C(NC(C(=O)N1CCC(CC2CCN(CC(=O)N3CCN(C(=O)c4cc(Cc5n[nH]c(=O)c6ccccc56)ccc4F)CC3)CC2)CC1)C1CCCCC1)c1ccccc1. The Morgan fingerprint density at radius 3 is 1.95 bits per heavy atom. The Hall–Kier alpha value is -6.92. The minimum atomic E-state index is -0.597. The van der Waals surface area contributed by atoms with Gasteiger partial charge in [-0.15, -0.1) is 0 Å². The maximum absolute atomic E-state index is 15.0. The number of aromatic amines is 1. The molecule has 80 heavy (non-hydrogen) atoms. The molecule has 1 aliphatic carbocycles. The number of hydrogen-bond acceptors (Lipinski definition) is 9. The Balaban J connectivity index is 0.000000344. The summed E-state index contributed by atoms with van der Waals surface area (Å²) in [6.45, 7) is 7.06. The van der Waals surface area contributed by atoms with Gasteiger partial charge in [-0.3, -0.25) is 33.7 Å². The summed E-state index contributed by atoms with van der Waals surface area (Å²) in [4.78, 5) is 87.6. The summed E-state index contributed by atoms with van der Waals surface area (Å²) in [5.41, 5.74) is 2.00. The number of carbonyl (C=O) groups is 5. The predicted molar refractivity (Wildman–Crippen MR) is 300 cm³/mol. The molecule has 0 bridgehead atoms. The normalized spacial score (nSPS) is 18.3. The fourth-order valence-corrected chi connectivity index (χ4v) is 12.3. The lowest BCUT2D eigenvalue weighted by atomic mass is 9.81. The van der Waals surface area contributed by atoms with Gasteiger partial charge in [0.1, 0.15) is 23.5 Å². The molecule has 4 aromatic carbocycles. The zero-order valence-corrected chi connectivity index (χ0v) is 45.8. The van der Waals surface area contributed by atoms with E-state index >= 15 is 4.39 Å². The van der Waals surface area contributed by atoms with Gasteiger partial charge in [-0.2, -0.15) is 5.10 Å². The number of rotatable bonds is 15. The summed E-state index contributed by atoms with van der Waals surface area (Å²) in [6, 6.07) is 23.8. The van der Waals surface area contributed by atoms with Gasteiger partial charge < -0.3 is 30.2 Å². The number of amides is 5. The molecule has 15 nitrogen and oxygen atoms in total. The second-order valence-electron chi connectivity index (χ2n) is 22.4. The van der Waals surface area contributed by atoms with E-state index in [2.05, 4.69) is 25.7 Å². The molecule has 5 amide bonds. The van der Waals surface area contributed by atoms with Gasteiger partial charge >= 0.3 is 0 Å². The van der Waals surface area contributed by atoms with Crippen LogP contribution in [0.1, 0.15) is 121 Å². The summed E-state index contributed by atoms with van der Waals surface area (Å²) in [5, 5.41) is 14.0. The molecule has 4 saturated heterocycles. The molecule has 0 spiro atoms. The van der Waals surface area contributed by atoms with Crippen molar-refractivity contribution < 1.29 is 37.1 Å². The summed E-state index contributed by atoms with van der Waals surface area (Å²) in [5.74, 6) is -0.828. The van der Waals surface area contributed by atoms with Crippen LogP contribution in [0.2, 0.25) is 0 Å². The van der Waals surface area contributed by atoms with Crippen molar-refractivity contribution in [3.8, 4) is 0 Å². The van der Waals surface area contributed by atoms with Crippen molar-refractivity contribution in [1.29, 1.82) is 0 Å². The lowest BCUT2D eigenvalue weighted by Crippen LogP contribution is -2.54. The number of aromatic nitrogens is 2. The Bertz CT molecular complexity index is 2980. The average molecular weight is 1100 g/mol. The van der Waals surface area contributed by atoms with Gasteiger partial charge in [0, 0.05) is 87.9 Å². The van der Waals surface area contributed by atoms with E-state index in [9.17, 15) is 37.5 Å². The van der Waals surface area contributed by atoms with Gasteiger partial charge in [-0.1, -0.05) is 67.8 Å². The molecule has 0 radical (unpaired) electrons. The van der Waals surface area contributed by atoms with E-state index in [1.54, 1.807) is 41.3 Å². The zero-order chi connectivity index (χ0) is 56.0. The van der Waals surface area contributed by atoms with Crippen LogP contribution in [0.25, 0.3) is 10.8 Å². The highest BCUT2D eigenvalue weighted by Gasteiger charge is 2.37. The van der Waals surface area contributed by atoms with Crippen molar-refractivity contribution in [3.05, 3.63) is 147 Å². The van der Waals surface area contributed by atoms with Crippen molar-refractivity contribution >= 4 is 40.3 Å². The maximum Gasteiger partial charge on any atom is 0.272 e. The second kappa shape index (κ2) is 28.0. The molecule has 1 aromatic heterocycles. The third-order valence-corrected chi connectivity index (χ3v) is 17.0. The fraction of sp³-hybridized carbons (Fsp3) is 0.500. The van der Waals surface area contributed by atoms with Crippen molar-refractivity contribution in [3.63, 3.8) is 0 Å². The first-order chi connectivity index (χ1) is 38.9. The van der Waals surface area contributed by atoms with Crippen LogP contribution in [0.3, 0.4) is 0 Å². The maximum atomic E-state index is 15.0. The van der Waals surface area contributed by atoms with E-state index in [1.807, 2.05) is 45.0 Å². The number of piperidine rings is 3. The summed E-state index contributed by atoms with van der Waals surface area (Å²) >= 11 is 0. The Labute approximate surface area is 466 Å². The van der Waals surface area contributed by atoms with E-state index in [1.165, 1.54) is 31.0 Å². The van der Waals surface area contributed by atoms with Crippen LogP contribution in [0.5, 0.6) is 0 Å². The van der Waals surface area contributed by atoms with Gasteiger partial charge in [0.25, 0.3) is 17.4 Å². The van der Waals surface area contributed by atoms with Crippen molar-refractivity contribution in [1.82, 2.24) is 45.3 Å². The van der Waals surface area contributed by atoms with Crippen molar-refractivity contribution in [2.45, 2.75) is 102 Å². The van der Waals surface area contributed by atoms with Gasteiger partial charge in [-0.05, 0) is 137 Å². The topological polar surface area (TPSA) is 171 Å². The van der Waals surface area contributed by atoms with Crippen LogP contribution in [-0.4, -0.2) is 149 Å². The van der Waals surface area contributed by atoms with Crippen LogP contribution in [-0.2, 0) is 27.3 Å². The van der Waals surface area contributed by atoms with Crippen molar-refractivity contribution in [2.75, 3.05) is 78.5 Å². The van der Waals surface area contributed by atoms with Crippen LogP contribution in [0, 0.1) is 35.2 Å². The molecule has 10 rings (SSSR count). The number of fused-ring (bicyclic) bond motifs is 1. The molecule has 426 valence electrons. The van der Waals surface area contributed by atoms with Gasteiger partial charge in [0.05, 0.1) is 29.7 Å². The number of nitrogens with zero attached hydrogens (tertiary/aromatic N) is 6. The molecule has 4 aliphatic heterocycles. The standard InChI is InChI=1S/C48H58FN7O5.C14H18F2N2O/c49-41-16-15-35(31-42-38-13-7-8-14-39(38)46(59)52-51-42)30-40(41)47(60)56-27-25-54(26-28-56)43(57)32-53-21-17-33(18-22-53)29-34-19-23-55(24-20-34)48(61)44(36-9-3-1-4-10-36)50-45(58)37-11-5-2-6-12-37;15-12-5-4-11(13(16)8-12)9-17-10-14(19)18-6-2-1-3-7-18/h2,5-8,11-16,30,33-34,36,44H,1,3-4,9-10,17-29,31-32H2,(H,50,58)(H,52,59);4-5,8,17H,1-3,6-7,9-10H2. The molecule has 5 heterocycles. The monoisotopic (exact) mass is 1100 g/mol. The van der Waals surface area contributed by atoms with Crippen molar-refractivity contribution in [2.24, 2.45) is 17.8 Å². The Morgan fingerprint density at radius 2 is 1.25 bits per heavy atom. The second-order valence-corrected chi connectivity index (χ2v) is 22.4. The van der Waals surface area contributed by atoms with E-state index in [4.69, 9.17) is 0 Å². The third-order valence-electron chi connectivity index (χ3n) is 17.0. The first kappa shape index (κ1) is 57.8. The summed E-state index contributed by atoms with van der Waals surface area (Å²) < 4.78 is 41.1. The quantitative estimate of drug-likeness (QED) is 0.0950. The lowest BCUT2D eigenvalue weighted by Gasteiger charge is -2.39. The highest BCUT2D eigenvalue weighted by atomic mass is 19.1. The number of halogens is 3. The number of carbonyl (C=O) groups excluding carboxylic acids is 5. The largest absolute Gasteiger partial charge is 0.342 e. The molecule has 1 unspecified atom stereocenters. The van der Waals surface area contributed by atoms with Gasteiger partial charge in [0.15, 0.2) is 0 Å². The highest BCUT2D eigenvalue weighted by molar-refractivity contribution is 5.98. The number of benzene rings is 4. The van der Waals surface area contributed by atoms with Crippen LogP contribution < -0.4 is 16.2 Å². The molecule has 1 atom stereocenters. The number of piperazine rings is 1. The smallest absolute Gasteiger partial charge is 0.272 e. The Kier molecular flexibility index (Phi) is 20.2. The van der Waals surface area contributed by atoms with E-state index in [0.717, 1.165) is 116 Å². The van der Waals surface area contributed by atoms with E-state index in [-0.39, 0.29) is 53.8 Å². The van der Waals surface area contributed by atoms with E-state index in [0.29, 0.717) is 84.1 Å². The fourth-order valence-electron chi connectivity index (χ4n) is 12.3. The first-order valence-corrected chi connectivity index (χ1v) is 29.0. The van der Waals surface area contributed by atoms with Gasteiger partial charge in [-0.25, -0.2) is 18.3 Å². The number of H-pyrrole nitrogens is 1. The van der Waals surface area contributed by atoms with Crippen LogP contribution in [0.15, 0.2) is 95.8 Å².